The van der Waals surface area contributed by atoms with Crippen molar-refractivity contribution in [3.63, 3.8) is 0 Å². The van der Waals surface area contributed by atoms with Crippen LogP contribution in [0, 0.1) is 35.0 Å². The zero-order chi connectivity index (χ0) is 11.5. The minimum atomic E-state index is 0.480. The highest BCUT2D eigenvalue weighted by Gasteiger charge is 2.65. The lowest BCUT2D eigenvalue weighted by molar-refractivity contribution is 0.329. The molecule has 0 aromatic rings. The van der Waals surface area contributed by atoms with Crippen LogP contribution in [0.15, 0.2) is 12.2 Å². The summed E-state index contributed by atoms with van der Waals surface area (Å²) in [6.45, 7) is 10.1. The highest BCUT2D eigenvalue weighted by atomic mass is 14.8. The van der Waals surface area contributed by atoms with Gasteiger partial charge in [0.2, 0.25) is 0 Å². The van der Waals surface area contributed by atoms with Crippen molar-refractivity contribution in [3.8, 4) is 0 Å². The van der Waals surface area contributed by atoms with Gasteiger partial charge in [-0.25, -0.2) is 0 Å². The molecule has 0 aromatic heterocycles. The number of allylic oxidation sites excluding steroid dienone is 1. The highest BCUT2D eigenvalue weighted by molar-refractivity contribution is 5.21. The summed E-state index contributed by atoms with van der Waals surface area (Å²) in [5, 5.41) is 0. The lowest BCUT2D eigenvalue weighted by atomic mass is 9.82. The Labute approximate surface area is 99.5 Å². The van der Waals surface area contributed by atoms with Crippen molar-refractivity contribution in [2.45, 2.75) is 39.5 Å². The van der Waals surface area contributed by atoms with E-state index in [0.29, 0.717) is 5.41 Å². The first-order chi connectivity index (χ1) is 7.58. The molecule has 0 saturated heterocycles. The van der Waals surface area contributed by atoms with E-state index in [4.69, 9.17) is 5.73 Å². The Morgan fingerprint density at radius 1 is 1.44 bits per heavy atom. The molecule has 1 heteroatoms. The number of rotatable bonds is 1. The van der Waals surface area contributed by atoms with Gasteiger partial charge in [-0.3, -0.25) is 0 Å². The fourth-order valence-corrected chi connectivity index (χ4v) is 5.01. The smallest absolute Gasteiger partial charge is 0.00175 e. The maximum atomic E-state index is 6.01. The highest BCUT2D eigenvalue weighted by Crippen LogP contribution is 2.69. The molecular formula is C15H25N. The Hall–Kier alpha value is -0.300. The van der Waals surface area contributed by atoms with Gasteiger partial charge in [0.15, 0.2) is 0 Å². The lowest BCUT2D eigenvalue weighted by Crippen LogP contribution is -2.21. The normalized spacial score (nSPS) is 55.4. The molecule has 1 nitrogen and oxygen atoms in total. The summed E-state index contributed by atoms with van der Waals surface area (Å²) in [7, 11) is 0. The Balaban J connectivity index is 1.88. The molecule has 0 aliphatic heterocycles. The first-order valence-electron chi connectivity index (χ1n) is 6.95. The van der Waals surface area contributed by atoms with Crippen molar-refractivity contribution >= 4 is 0 Å². The molecule has 3 rings (SSSR count). The topological polar surface area (TPSA) is 26.0 Å². The van der Waals surface area contributed by atoms with Crippen LogP contribution >= 0.6 is 0 Å². The van der Waals surface area contributed by atoms with E-state index in [9.17, 15) is 0 Å². The van der Waals surface area contributed by atoms with Crippen LogP contribution in [0.2, 0.25) is 0 Å². The van der Waals surface area contributed by atoms with E-state index in [1.54, 1.807) is 5.57 Å². The average Bonchev–Trinajstić information content (AvgIpc) is 2.71. The largest absolute Gasteiger partial charge is 0.330 e. The molecule has 16 heavy (non-hydrogen) atoms. The van der Waals surface area contributed by atoms with E-state index in [1.165, 1.54) is 25.7 Å². The van der Waals surface area contributed by atoms with Crippen LogP contribution < -0.4 is 5.73 Å². The van der Waals surface area contributed by atoms with Crippen LogP contribution in [0.4, 0.5) is 0 Å². The number of nitrogens with two attached hydrogens (primary N) is 1. The summed E-state index contributed by atoms with van der Waals surface area (Å²) in [5.74, 6) is 4.50. The molecule has 3 aliphatic carbocycles. The zero-order valence-electron chi connectivity index (χ0n) is 10.7. The van der Waals surface area contributed by atoms with Crippen LogP contribution in [0.25, 0.3) is 0 Å². The van der Waals surface area contributed by atoms with Crippen molar-refractivity contribution in [3.05, 3.63) is 12.2 Å². The second-order valence-corrected chi connectivity index (χ2v) is 6.89. The third-order valence-corrected chi connectivity index (χ3v) is 5.98. The van der Waals surface area contributed by atoms with Gasteiger partial charge in [0.25, 0.3) is 0 Å². The maximum Gasteiger partial charge on any atom is -0.00175 e. The van der Waals surface area contributed by atoms with Crippen molar-refractivity contribution in [2.24, 2.45) is 40.7 Å². The predicted octanol–water partition coefficient (Wildman–Crippen LogP) is 3.21. The summed E-state index contributed by atoms with van der Waals surface area (Å²) < 4.78 is 0. The minimum Gasteiger partial charge on any atom is -0.330 e. The second-order valence-electron chi connectivity index (χ2n) is 6.89. The standard InChI is InChI=1S/C15H25N/c1-9-6-11-10(2)4-5-13-14(12(11)7-9)15(13,3)8-16/h9,11-14H,2,4-8,16H2,1,3H3. The number of hydrogen-bond donors (Lipinski definition) is 1. The van der Waals surface area contributed by atoms with Gasteiger partial charge in [0.05, 0.1) is 0 Å². The van der Waals surface area contributed by atoms with E-state index in [-0.39, 0.29) is 0 Å². The summed E-state index contributed by atoms with van der Waals surface area (Å²) in [6, 6.07) is 0. The molecule has 0 aromatic carbocycles. The summed E-state index contributed by atoms with van der Waals surface area (Å²) >= 11 is 0. The fraction of sp³-hybridized carbons (Fsp3) is 0.867. The van der Waals surface area contributed by atoms with Crippen molar-refractivity contribution in [1.29, 1.82) is 0 Å². The molecule has 0 bridgehead atoms. The van der Waals surface area contributed by atoms with Gasteiger partial charge in [-0.15, -0.1) is 0 Å². The van der Waals surface area contributed by atoms with E-state index >= 15 is 0 Å². The Morgan fingerprint density at radius 2 is 2.19 bits per heavy atom. The molecule has 90 valence electrons. The maximum absolute atomic E-state index is 6.01. The molecular weight excluding hydrogens is 194 g/mol. The minimum absolute atomic E-state index is 0.480. The summed E-state index contributed by atoms with van der Waals surface area (Å²) in [6.07, 6.45) is 5.46. The molecule has 0 heterocycles. The summed E-state index contributed by atoms with van der Waals surface area (Å²) in [4.78, 5) is 0. The molecule has 3 fully saturated rings. The van der Waals surface area contributed by atoms with Gasteiger partial charge in [-0.05, 0) is 67.2 Å². The van der Waals surface area contributed by atoms with Gasteiger partial charge >= 0.3 is 0 Å². The van der Waals surface area contributed by atoms with Gasteiger partial charge in [0.1, 0.15) is 0 Å². The van der Waals surface area contributed by atoms with Crippen LogP contribution in [0.3, 0.4) is 0 Å². The van der Waals surface area contributed by atoms with Crippen molar-refractivity contribution < 1.29 is 0 Å². The number of hydrogen-bond acceptors (Lipinski definition) is 1. The molecule has 3 aliphatic rings. The van der Waals surface area contributed by atoms with Gasteiger partial charge in [0, 0.05) is 0 Å². The van der Waals surface area contributed by atoms with Gasteiger partial charge in [-0.2, -0.15) is 0 Å². The van der Waals surface area contributed by atoms with E-state index < -0.39 is 0 Å². The Kier molecular flexibility index (Phi) is 2.27. The zero-order valence-corrected chi connectivity index (χ0v) is 10.7. The third kappa shape index (κ3) is 1.27. The third-order valence-electron chi connectivity index (χ3n) is 5.98. The molecule has 0 spiro atoms. The average molecular weight is 219 g/mol. The molecule has 6 unspecified atom stereocenters. The Bertz CT molecular complexity index is 321. The monoisotopic (exact) mass is 219 g/mol. The molecule has 6 atom stereocenters. The Morgan fingerprint density at radius 3 is 2.88 bits per heavy atom. The van der Waals surface area contributed by atoms with Crippen molar-refractivity contribution in [2.75, 3.05) is 6.54 Å². The molecule has 0 radical (unpaired) electrons. The van der Waals surface area contributed by atoms with Gasteiger partial charge in [-0.1, -0.05) is 26.0 Å². The summed E-state index contributed by atoms with van der Waals surface area (Å²) in [5.41, 5.74) is 8.04. The SMILES string of the molecule is C=C1CCC2C(C3CC(C)CC13)C2(C)CN. The van der Waals surface area contributed by atoms with E-state index in [0.717, 1.165) is 36.1 Å². The quantitative estimate of drug-likeness (QED) is 0.673. The first-order valence-corrected chi connectivity index (χ1v) is 6.95. The first kappa shape index (κ1) is 10.8. The molecule has 2 N–H and O–H groups in total. The van der Waals surface area contributed by atoms with Crippen LogP contribution in [-0.2, 0) is 0 Å². The van der Waals surface area contributed by atoms with E-state index in [1.807, 2.05) is 0 Å². The lowest BCUT2D eigenvalue weighted by Gasteiger charge is -2.23. The van der Waals surface area contributed by atoms with Crippen LogP contribution in [0.5, 0.6) is 0 Å². The molecule has 0 amide bonds. The fourth-order valence-electron chi connectivity index (χ4n) is 5.01. The second kappa shape index (κ2) is 3.35. The predicted molar refractivity (Wildman–Crippen MR) is 67.9 cm³/mol. The van der Waals surface area contributed by atoms with Crippen LogP contribution in [-0.4, -0.2) is 6.54 Å². The van der Waals surface area contributed by atoms with Gasteiger partial charge < -0.3 is 5.73 Å². The van der Waals surface area contributed by atoms with E-state index in [2.05, 4.69) is 20.4 Å². The van der Waals surface area contributed by atoms with Crippen LogP contribution in [0.1, 0.15) is 39.5 Å². The number of fused-ring (bicyclic) bond motifs is 3. The van der Waals surface area contributed by atoms with Crippen molar-refractivity contribution in [1.82, 2.24) is 0 Å². The molecule has 3 saturated carbocycles.